The molecule has 1 saturated heterocycles. The van der Waals surface area contributed by atoms with Gasteiger partial charge in [0.15, 0.2) is 0 Å². The molecule has 0 aliphatic carbocycles. The second-order valence-corrected chi connectivity index (χ2v) is 5.73. The molecular formula is C18H26N2. The molecule has 1 aromatic rings. The van der Waals surface area contributed by atoms with Gasteiger partial charge in [0.2, 0.25) is 0 Å². The average Bonchev–Trinajstić information content (AvgIpc) is 2.48. The van der Waals surface area contributed by atoms with Crippen LogP contribution in [0.5, 0.6) is 0 Å². The highest BCUT2D eigenvalue weighted by atomic mass is 15.2. The van der Waals surface area contributed by atoms with Crippen molar-refractivity contribution in [3.8, 4) is 12.3 Å². The lowest BCUT2D eigenvalue weighted by Gasteiger charge is -2.34. The lowest BCUT2D eigenvalue weighted by Crippen LogP contribution is -2.48. The summed E-state index contributed by atoms with van der Waals surface area (Å²) in [7, 11) is 0. The van der Waals surface area contributed by atoms with Crippen molar-refractivity contribution in [2.75, 3.05) is 13.1 Å². The van der Waals surface area contributed by atoms with Gasteiger partial charge in [-0.25, -0.2) is 0 Å². The summed E-state index contributed by atoms with van der Waals surface area (Å²) in [5, 5.41) is 3.64. The van der Waals surface area contributed by atoms with Crippen molar-refractivity contribution in [1.82, 2.24) is 10.2 Å². The second-order valence-electron chi connectivity index (χ2n) is 5.73. The summed E-state index contributed by atoms with van der Waals surface area (Å²) in [5.74, 6) is 2.89. The molecule has 2 heteroatoms. The summed E-state index contributed by atoms with van der Waals surface area (Å²) in [5.41, 5.74) is 1.40. The summed E-state index contributed by atoms with van der Waals surface area (Å²) >= 11 is 0. The molecule has 0 aromatic heterocycles. The Morgan fingerprint density at radius 2 is 2.20 bits per heavy atom. The Morgan fingerprint density at radius 3 is 2.90 bits per heavy atom. The van der Waals surface area contributed by atoms with E-state index in [0.29, 0.717) is 6.04 Å². The molecule has 1 aliphatic rings. The number of nitrogens with one attached hydrogen (secondary N) is 1. The number of rotatable bonds is 6. The number of hydrogen-bond acceptors (Lipinski definition) is 2. The van der Waals surface area contributed by atoms with Gasteiger partial charge in [0.25, 0.3) is 0 Å². The third kappa shape index (κ3) is 4.67. The largest absolute Gasteiger partial charge is 0.300 e. The van der Waals surface area contributed by atoms with Gasteiger partial charge < -0.3 is 0 Å². The Bertz CT molecular complexity index is 421. The number of hydrogen-bond donors (Lipinski definition) is 1. The van der Waals surface area contributed by atoms with Crippen LogP contribution in [0.2, 0.25) is 0 Å². The zero-order valence-electron chi connectivity index (χ0n) is 12.5. The fraction of sp³-hybridized carbons (Fsp3) is 0.556. The van der Waals surface area contributed by atoms with Gasteiger partial charge in [-0.2, -0.15) is 0 Å². The smallest absolute Gasteiger partial charge is 0.0689 e. The zero-order valence-corrected chi connectivity index (χ0v) is 12.5. The standard InChI is InChI=1S/C18H26N2/c1-3-9-17(4-2)19-18-12-8-13-20(15-18)14-16-10-6-5-7-11-16/h2,5-7,10-11,17-19H,3,8-9,12-15H2,1H3. The van der Waals surface area contributed by atoms with Crippen LogP contribution in [0.3, 0.4) is 0 Å². The minimum atomic E-state index is 0.238. The summed E-state index contributed by atoms with van der Waals surface area (Å²) < 4.78 is 0. The molecule has 1 aromatic carbocycles. The number of nitrogens with zero attached hydrogens (tertiary/aromatic N) is 1. The minimum absolute atomic E-state index is 0.238. The first kappa shape index (κ1) is 15.1. The molecule has 2 unspecified atom stereocenters. The molecular weight excluding hydrogens is 244 g/mol. The van der Waals surface area contributed by atoms with Crippen molar-refractivity contribution in [3.63, 3.8) is 0 Å². The lowest BCUT2D eigenvalue weighted by molar-refractivity contribution is 0.179. The summed E-state index contributed by atoms with van der Waals surface area (Å²) in [6.45, 7) is 5.54. The van der Waals surface area contributed by atoms with E-state index in [1.165, 1.54) is 24.9 Å². The molecule has 1 aliphatic heterocycles. The van der Waals surface area contributed by atoms with Crippen LogP contribution in [0.4, 0.5) is 0 Å². The van der Waals surface area contributed by atoms with Gasteiger partial charge in [0.05, 0.1) is 6.04 Å². The maximum absolute atomic E-state index is 5.61. The molecule has 0 radical (unpaired) electrons. The Kier molecular flexibility index (Phi) is 6.11. The Labute approximate surface area is 123 Å². The van der Waals surface area contributed by atoms with Crippen molar-refractivity contribution >= 4 is 0 Å². The fourth-order valence-electron chi connectivity index (χ4n) is 2.96. The highest BCUT2D eigenvalue weighted by Gasteiger charge is 2.21. The molecule has 0 saturated carbocycles. The highest BCUT2D eigenvalue weighted by molar-refractivity contribution is 5.14. The van der Waals surface area contributed by atoms with Crippen LogP contribution < -0.4 is 5.32 Å². The number of piperidine rings is 1. The summed E-state index contributed by atoms with van der Waals surface area (Å²) in [4.78, 5) is 2.54. The van der Waals surface area contributed by atoms with Crippen molar-refractivity contribution in [2.24, 2.45) is 0 Å². The molecule has 20 heavy (non-hydrogen) atoms. The molecule has 2 atom stereocenters. The Morgan fingerprint density at radius 1 is 1.40 bits per heavy atom. The van der Waals surface area contributed by atoms with E-state index in [-0.39, 0.29) is 6.04 Å². The van der Waals surface area contributed by atoms with Crippen molar-refractivity contribution in [3.05, 3.63) is 35.9 Å². The maximum Gasteiger partial charge on any atom is 0.0689 e. The van der Waals surface area contributed by atoms with Crippen molar-refractivity contribution in [2.45, 2.75) is 51.2 Å². The van der Waals surface area contributed by atoms with Gasteiger partial charge in [-0.1, -0.05) is 49.6 Å². The molecule has 2 nitrogen and oxygen atoms in total. The number of likely N-dealkylation sites (tertiary alicyclic amines) is 1. The molecule has 0 amide bonds. The Balaban J connectivity index is 1.84. The monoisotopic (exact) mass is 270 g/mol. The van der Waals surface area contributed by atoms with E-state index in [4.69, 9.17) is 6.42 Å². The van der Waals surface area contributed by atoms with Crippen LogP contribution in [0, 0.1) is 12.3 Å². The van der Waals surface area contributed by atoms with Crippen molar-refractivity contribution in [1.29, 1.82) is 0 Å². The van der Waals surface area contributed by atoms with Gasteiger partial charge in [0.1, 0.15) is 0 Å². The molecule has 108 valence electrons. The third-order valence-corrected chi connectivity index (χ3v) is 3.97. The molecule has 1 N–H and O–H groups in total. The fourth-order valence-corrected chi connectivity index (χ4v) is 2.96. The normalized spacial score (nSPS) is 21.3. The quantitative estimate of drug-likeness (QED) is 0.799. The average molecular weight is 270 g/mol. The van der Waals surface area contributed by atoms with Crippen molar-refractivity contribution < 1.29 is 0 Å². The molecule has 0 bridgehead atoms. The summed E-state index contributed by atoms with van der Waals surface area (Å²) in [6, 6.07) is 11.5. The first-order valence-corrected chi connectivity index (χ1v) is 7.80. The van der Waals surface area contributed by atoms with E-state index in [9.17, 15) is 0 Å². The van der Waals surface area contributed by atoms with E-state index in [0.717, 1.165) is 25.9 Å². The predicted octanol–water partition coefficient (Wildman–Crippen LogP) is 3.04. The molecule has 1 fully saturated rings. The second kappa shape index (κ2) is 8.09. The first-order chi connectivity index (χ1) is 9.81. The third-order valence-electron chi connectivity index (χ3n) is 3.97. The van der Waals surface area contributed by atoms with E-state index in [2.05, 4.69) is 53.4 Å². The highest BCUT2D eigenvalue weighted by Crippen LogP contribution is 2.14. The molecule has 0 spiro atoms. The molecule has 2 rings (SSSR count). The topological polar surface area (TPSA) is 15.3 Å². The van der Waals surface area contributed by atoms with E-state index < -0.39 is 0 Å². The molecule has 1 heterocycles. The van der Waals surface area contributed by atoms with Gasteiger partial charge >= 0.3 is 0 Å². The van der Waals surface area contributed by atoms with Gasteiger partial charge in [-0.15, -0.1) is 6.42 Å². The van der Waals surface area contributed by atoms with Crippen LogP contribution in [-0.4, -0.2) is 30.1 Å². The maximum atomic E-state index is 5.61. The van der Waals surface area contributed by atoms with E-state index in [1.807, 2.05) is 0 Å². The van der Waals surface area contributed by atoms with E-state index >= 15 is 0 Å². The van der Waals surface area contributed by atoms with Crippen LogP contribution in [0.1, 0.15) is 38.2 Å². The number of benzene rings is 1. The van der Waals surface area contributed by atoms with Gasteiger partial charge in [-0.05, 0) is 31.4 Å². The van der Waals surface area contributed by atoms with Crippen LogP contribution in [-0.2, 0) is 6.54 Å². The van der Waals surface area contributed by atoms with Crippen LogP contribution in [0.15, 0.2) is 30.3 Å². The SMILES string of the molecule is C#CC(CCC)NC1CCCN(Cc2ccccc2)C1. The Hall–Kier alpha value is -1.30. The van der Waals surface area contributed by atoms with Crippen LogP contribution in [0.25, 0.3) is 0 Å². The van der Waals surface area contributed by atoms with Crippen LogP contribution >= 0.6 is 0 Å². The predicted molar refractivity (Wildman–Crippen MR) is 85.4 cm³/mol. The summed E-state index contributed by atoms with van der Waals surface area (Å²) in [6.07, 6.45) is 10.3. The van der Waals surface area contributed by atoms with E-state index in [1.54, 1.807) is 0 Å². The zero-order chi connectivity index (χ0) is 14.2. The minimum Gasteiger partial charge on any atom is -0.300 e. The van der Waals surface area contributed by atoms with Gasteiger partial charge in [0, 0.05) is 19.1 Å². The van der Waals surface area contributed by atoms with Gasteiger partial charge in [-0.3, -0.25) is 10.2 Å². The lowest BCUT2D eigenvalue weighted by atomic mass is 10.0. The number of terminal acetylenes is 1. The first-order valence-electron chi connectivity index (χ1n) is 7.80.